The molecule has 0 unspecified atom stereocenters. The molecule has 25 heavy (non-hydrogen) atoms. The van der Waals surface area contributed by atoms with E-state index in [-0.39, 0.29) is 15.5 Å². The molecule has 0 aliphatic carbocycles. The van der Waals surface area contributed by atoms with Crippen LogP contribution in [0.3, 0.4) is 0 Å². The minimum absolute atomic E-state index is 0.0300. The minimum Gasteiger partial charge on any atom is -0.423 e. The molecule has 0 heterocycles. The van der Waals surface area contributed by atoms with Gasteiger partial charge >= 0.3 is 5.97 Å². The Morgan fingerprint density at radius 2 is 1.72 bits per heavy atom. The van der Waals surface area contributed by atoms with Crippen LogP contribution in [0.25, 0.3) is 0 Å². The van der Waals surface area contributed by atoms with Gasteiger partial charge in [-0.15, -0.1) is 0 Å². The van der Waals surface area contributed by atoms with Crippen LogP contribution in [0.1, 0.15) is 22.8 Å². The van der Waals surface area contributed by atoms with Crippen molar-refractivity contribution in [3.8, 4) is 5.75 Å². The zero-order chi connectivity index (χ0) is 18.8. The summed E-state index contributed by atoms with van der Waals surface area (Å²) in [5.74, 6) is -0.437. The Kier molecular flexibility index (Phi) is 6.11. The van der Waals surface area contributed by atoms with Crippen LogP contribution in [0.5, 0.6) is 5.75 Å². The Labute approximate surface area is 157 Å². The lowest BCUT2D eigenvalue weighted by atomic mass is 10.1. The molecule has 0 atom stereocenters. The minimum atomic E-state index is -3.69. The molecule has 5 nitrogen and oxygen atoms in total. The average Bonchev–Trinajstić information content (AvgIpc) is 2.56. The Morgan fingerprint density at radius 1 is 1.08 bits per heavy atom. The van der Waals surface area contributed by atoms with Gasteiger partial charge in [0.25, 0.3) is 0 Å². The molecule has 0 radical (unpaired) electrons. The zero-order valence-corrected chi connectivity index (χ0v) is 16.2. The fourth-order valence-electron chi connectivity index (χ4n) is 2.08. The van der Waals surface area contributed by atoms with Gasteiger partial charge in [0, 0.05) is 19.1 Å². The average molecular weight is 402 g/mol. The molecular weight excluding hydrogens is 385 g/mol. The maximum absolute atomic E-state index is 12.4. The largest absolute Gasteiger partial charge is 0.423 e. The summed E-state index contributed by atoms with van der Waals surface area (Å²) in [6, 6.07) is 8.76. The van der Waals surface area contributed by atoms with E-state index in [0.717, 1.165) is 9.87 Å². The normalized spacial score (nSPS) is 11.6. The van der Waals surface area contributed by atoms with Crippen LogP contribution in [0, 0.1) is 0 Å². The summed E-state index contributed by atoms with van der Waals surface area (Å²) in [6.45, 7) is 1.93. The first-order valence-electron chi connectivity index (χ1n) is 7.39. The lowest BCUT2D eigenvalue weighted by Crippen LogP contribution is -2.22. The van der Waals surface area contributed by atoms with E-state index in [4.69, 9.17) is 27.9 Å². The van der Waals surface area contributed by atoms with Gasteiger partial charge in [-0.1, -0.05) is 30.1 Å². The number of nitrogens with zero attached hydrogens (tertiary/aromatic N) is 1. The number of carbonyl (C=O) groups excluding carboxylic acids is 1. The summed E-state index contributed by atoms with van der Waals surface area (Å²) in [5, 5.41) is 0.687. The number of ether oxygens (including phenoxy) is 1. The molecule has 0 fully saturated rings. The van der Waals surface area contributed by atoms with Crippen LogP contribution in [-0.2, 0) is 16.4 Å². The van der Waals surface area contributed by atoms with Gasteiger partial charge in [-0.05, 0) is 48.4 Å². The molecule has 2 aromatic carbocycles. The molecule has 0 amide bonds. The fraction of sp³-hybridized carbons (Fsp3) is 0.235. The second-order valence-electron chi connectivity index (χ2n) is 5.43. The second kappa shape index (κ2) is 7.74. The number of rotatable bonds is 5. The van der Waals surface area contributed by atoms with E-state index in [9.17, 15) is 13.2 Å². The number of halogens is 2. The molecule has 0 spiro atoms. The summed E-state index contributed by atoms with van der Waals surface area (Å²) in [4.78, 5) is 12.4. The van der Waals surface area contributed by atoms with E-state index in [2.05, 4.69) is 0 Å². The Morgan fingerprint density at radius 3 is 2.32 bits per heavy atom. The summed E-state index contributed by atoms with van der Waals surface area (Å²) in [7, 11) is -0.880. The van der Waals surface area contributed by atoms with E-state index in [0.29, 0.717) is 17.2 Å². The number of hydrogen-bond acceptors (Lipinski definition) is 4. The third kappa shape index (κ3) is 4.33. The van der Waals surface area contributed by atoms with Crippen LogP contribution < -0.4 is 4.74 Å². The van der Waals surface area contributed by atoms with Crippen molar-refractivity contribution in [2.75, 3.05) is 14.1 Å². The van der Waals surface area contributed by atoms with Crippen LogP contribution in [0.4, 0.5) is 0 Å². The SMILES string of the molecule is CCc1cc(OC(=O)c2cc(S(=O)(=O)N(C)C)ccc2Cl)ccc1Cl. The number of sulfonamides is 1. The summed E-state index contributed by atoms with van der Waals surface area (Å²) in [6.07, 6.45) is 0.682. The van der Waals surface area contributed by atoms with Gasteiger partial charge in [-0.25, -0.2) is 17.5 Å². The topological polar surface area (TPSA) is 63.7 Å². The van der Waals surface area contributed by atoms with Crippen molar-refractivity contribution in [2.45, 2.75) is 18.2 Å². The summed E-state index contributed by atoms with van der Waals surface area (Å²) < 4.78 is 30.8. The van der Waals surface area contributed by atoms with E-state index >= 15 is 0 Å². The molecule has 0 saturated carbocycles. The number of esters is 1. The van der Waals surface area contributed by atoms with Gasteiger partial charge in [0.2, 0.25) is 10.0 Å². The molecule has 134 valence electrons. The van der Waals surface area contributed by atoms with E-state index in [1.165, 1.54) is 32.3 Å². The van der Waals surface area contributed by atoms with Crippen molar-refractivity contribution < 1.29 is 17.9 Å². The maximum atomic E-state index is 12.4. The van der Waals surface area contributed by atoms with Crippen LogP contribution in [-0.4, -0.2) is 32.8 Å². The molecule has 8 heteroatoms. The first-order chi connectivity index (χ1) is 11.7. The zero-order valence-electron chi connectivity index (χ0n) is 13.9. The predicted octanol–water partition coefficient (Wildman–Crippen LogP) is 4.03. The van der Waals surface area contributed by atoms with E-state index < -0.39 is 16.0 Å². The van der Waals surface area contributed by atoms with Crippen molar-refractivity contribution in [3.05, 3.63) is 57.6 Å². The highest BCUT2D eigenvalue weighted by Gasteiger charge is 2.22. The van der Waals surface area contributed by atoms with Gasteiger partial charge < -0.3 is 4.74 Å². The van der Waals surface area contributed by atoms with Crippen molar-refractivity contribution in [2.24, 2.45) is 0 Å². The van der Waals surface area contributed by atoms with E-state index in [1.54, 1.807) is 18.2 Å². The van der Waals surface area contributed by atoms with Crippen LogP contribution in [0.15, 0.2) is 41.3 Å². The quantitative estimate of drug-likeness (QED) is 0.560. The summed E-state index contributed by atoms with van der Waals surface area (Å²) in [5.41, 5.74) is 0.805. The molecule has 2 aromatic rings. The lowest BCUT2D eigenvalue weighted by Gasteiger charge is -2.13. The van der Waals surface area contributed by atoms with Gasteiger partial charge in [0.05, 0.1) is 15.5 Å². The Bertz CT molecular complexity index is 911. The third-order valence-corrected chi connectivity index (χ3v) is 6.05. The monoisotopic (exact) mass is 401 g/mol. The van der Waals surface area contributed by atoms with Crippen molar-refractivity contribution >= 4 is 39.2 Å². The molecule has 0 aliphatic heterocycles. The number of hydrogen-bond donors (Lipinski definition) is 0. The summed E-state index contributed by atoms with van der Waals surface area (Å²) >= 11 is 12.1. The standard InChI is InChI=1S/C17H17Cl2NO4S/c1-4-11-9-12(5-7-15(11)18)24-17(21)14-10-13(6-8-16(14)19)25(22,23)20(2)3/h5-10H,4H2,1-3H3. The molecule has 0 bridgehead atoms. The van der Waals surface area contributed by atoms with Crippen molar-refractivity contribution in [3.63, 3.8) is 0 Å². The van der Waals surface area contributed by atoms with Crippen molar-refractivity contribution in [1.82, 2.24) is 4.31 Å². The first-order valence-corrected chi connectivity index (χ1v) is 9.59. The van der Waals surface area contributed by atoms with Gasteiger partial charge in [-0.2, -0.15) is 0 Å². The predicted molar refractivity (Wildman–Crippen MR) is 98.1 cm³/mol. The number of carbonyl (C=O) groups is 1. The Balaban J connectivity index is 2.36. The second-order valence-corrected chi connectivity index (χ2v) is 8.39. The molecule has 0 aromatic heterocycles. The Hall–Kier alpha value is -1.60. The molecule has 2 rings (SSSR count). The van der Waals surface area contributed by atoms with E-state index in [1.807, 2.05) is 6.92 Å². The fourth-order valence-corrected chi connectivity index (χ4v) is 3.45. The van der Waals surface area contributed by atoms with Gasteiger partial charge in [0.1, 0.15) is 5.75 Å². The van der Waals surface area contributed by atoms with Crippen LogP contribution >= 0.6 is 23.2 Å². The third-order valence-electron chi connectivity index (χ3n) is 3.54. The smallest absolute Gasteiger partial charge is 0.345 e. The van der Waals surface area contributed by atoms with Crippen molar-refractivity contribution in [1.29, 1.82) is 0 Å². The maximum Gasteiger partial charge on any atom is 0.345 e. The molecule has 0 aliphatic rings. The highest BCUT2D eigenvalue weighted by Crippen LogP contribution is 2.26. The number of benzene rings is 2. The van der Waals surface area contributed by atoms with Gasteiger partial charge in [-0.3, -0.25) is 0 Å². The number of aryl methyl sites for hydroxylation is 1. The van der Waals surface area contributed by atoms with Crippen LogP contribution in [0.2, 0.25) is 10.0 Å². The lowest BCUT2D eigenvalue weighted by molar-refractivity contribution is 0.0734. The highest BCUT2D eigenvalue weighted by atomic mass is 35.5. The molecule has 0 N–H and O–H groups in total. The molecule has 0 saturated heterocycles. The first kappa shape index (κ1) is 19.7. The highest BCUT2D eigenvalue weighted by molar-refractivity contribution is 7.89. The molecular formula is C17H17Cl2NO4S. The van der Waals surface area contributed by atoms with Gasteiger partial charge in [0.15, 0.2) is 0 Å².